The molecule has 0 N–H and O–H groups in total. The van der Waals surface area contributed by atoms with Crippen molar-refractivity contribution in [2.45, 2.75) is 52.4 Å². The summed E-state index contributed by atoms with van der Waals surface area (Å²) >= 11 is 0. The summed E-state index contributed by atoms with van der Waals surface area (Å²) in [5, 5.41) is 0. The summed E-state index contributed by atoms with van der Waals surface area (Å²) in [6.07, 6.45) is 27.9. The third-order valence-corrected chi connectivity index (χ3v) is 4.83. The molecule has 0 aliphatic heterocycles. The Balaban J connectivity index is 0.000000352. The Morgan fingerprint density at radius 2 is 1.35 bits per heavy atom. The number of fused-ring (bicyclic) bond motifs is 2. The van der Waals surface area contributed by atoms with Crippen LogP contribution in [0.4, 0.5) is 0 Å². The molecule has 4 rings (SSSR count). The molecule has 0 aromatic heterocycles. The molecule has 0 aromatic rings. The van der Waals surface area contributed by atoms with Crippen molar-refractivity contribution in [3.63, 3.8) is 0 Å². The molecule has 2 fully saturated rings. The molecular formula is C25H35Zr. The number of allylic oxidation sites excluding steroid dienone is 10. The Hall–Kier alpha value is -1.07. The third-order valence-electron chi connectivity index (χ3n) is 4.83. The van der Waals surface area contributed by atoms with Gasteiger partial charge in [0.15, 0.2) is 0 Å². The van der Waals surface area contributed by atoms with Crippen LogP contribution >= 0.6 is 0 Å². The van der Waals surface area contributed by atoms with Crippen molar-refractivity contribution in [3.05, 3.63) is 92.2 Å². The fraction of sp³-hybridized carbons (Fsp3) is 0.400. The number of hydrogen-bond donors (Lipinski definition) is 0. The SMILES string of the molecule is C1=CCC2CC[CH-]C2=C1.C1=CCC2CC[CH-]C2=C1.C=C.[CH2-]C=C(C)C.[Zr+3]. The maximum atomic E-state index is 3.52. The molecule has 139 valence electrons. The van der Waals surface area contributed by atoms with Gasteiger partial charge in [-0.05, 0) is 24.7 Å². The fourth-order valence-corrected chi connectivity index (χ4v) is 3.33. The van der Waals surface area contributed by atoms with Gasteiger partial charge in [0.25, 0.3) is 0 Å². The zero-order valence-electron chi connectivity index (χ0n) is 16.7. The van der Waals surface area contributed by atoms with Crippen LogP contribution in [0.5, 0.6) is 0 Å². The standard InChI is InChI=1S/2C9H11.C5H9.C2H4.Zr/c2*1-2-5-9-7-3-6-8(9)4-1;1-4-5(2)3;1-2;/h2*1-2,4,6,9H,3,5,7H2;4H,1H2,2-3H3;1-2H2;/q3*-1;;+3. The van der Waals surface area contributed by atoms with E-state index in [9.17, 15) is 0 Å². The van der Waals surface area contributed by atoms with E-state index in [1.807, 2.05) is 19.9 Å². The van der Waals surface area contributed by atoms with Gasteiger partial charge in [0.05, 0.1) is 0 Å². The summed E-state index contributed by atoms with van der Waals surface area (Å²) in [5.74, 6) is 1.77. The molecule has 2 saturated carbocycles. The zero-order chi connectivity index (χ0) is 18.5. The van der Waals surface area contributed by atoms with Crippen molar-refractivity contribution < 1.29 is 26.2 Å². The van der Waals surface area contributed by atoms with Gasteiger partial charge in [-0.3, -0.25) is 0 Å². The predicted molar refractivity (Wildman–Crippen MR) is 114 cm³/mol. The van der Waals surface area contributed by atoms with Crippen molar-refractivity contribution in [2.75, 3.05) is 0 Å². The van der Waals surface area contributed by atoms with E-state index in [-0.39, 0.29) is 26.2 Å². The van der Waals surface area contributed by atoms with E-state index in [0.29, 0.717) is 0 Å². The molecule has 0 nitrogen and oxygen atoms in total. The van der Waals surface area contributed by atoms with Crippen molar-refractivity contribution in [2.24, 2.45) is 11.8 Å². The van der Waals surface area contributed by atoms with E-state index in [2.05, 4.69) is 69.4 Å². The second-order valence-corrected chi connectivity index (χ2v) is 6.90. The minimum atomic E-state index is 0. The topological polar surface area (TPSA) is 0 Å². The molecule has 0 saturated heterocycles. The molecular weight excluding hydrogens is 391 g/mol. The molecule has 1 heteroatoms. The van der Waals surface area contributed by atoms with Crippen LogP contribution in [0.25, 0.3) is 0 Å². The average Bonchev–Trinajstić information content (AvgIpc) is 3.33. The summed E-state index contributed by atoms with van der Waals surface area (Å²) in [7, 11) is 0. The largest absolute Gasteiger partial charge is 3.00 e. The summed E-state index contributed by atoms with van der Waals surface area (Å²) < 4.78 is 0. The van der Waals surface area contributed by atoms with Gasteiger partial charge in [-0.1, -0.05) is 12.8 Å². The second-order valence-electron chi connectivity index (χ2n) is 6.90. The van der Waals surface area contributed by atoms with Gasteiger partial charge in [-0.25, -0.2) is 54.7 Å². The fourth-order valence-electron chi connectivity index (χ4n) is 3.33. The molecule has 2 atom stereocenters. The Morgan fingerprint density at radius 3 is 1.65 bits per heavy atom. The minimum absolute atomic E-state index is 0. The minimum Gasteiger partial charge on any atom is -0.245 e. The summed E-state index contributed by atoms with van der Waals surface area (Å²) in [6.45, 7) is 13.6. The smallest absolute Gasteiger partial charge is 0.245 e. The Morgan fingerprint density at radius 1 is 0.962 bits per heavy atom. The Kier molecular flexibility index (Phi) is 14.4. The first-order valence-corrected chi connectivity index (χ1v) is 9.53. The van der Waals surface area contributed by atoms with Crippen molar-refractivity contribution >= 4 is 0 Å². The van der Waals surface area contributed by atoms with E-state index >= 15 is 0 Å². The van der Waals surface area contributed by atoms with E-state index < -0.39 is 0 Å². The Bertz CT molecular complexity index is 486. The maximum absolute atomic E-state index is 3.52. The van der Waals surface area contributed by atoms with Crippen molar-refractivity contribution in [1.29, 1.82) is 0 Å². The van der Waals surface area contributed by atoms with Crippen LogP contribution in [0.15, 0.2) is 72.4 Å². The van der Waals surface area contributed by atoms with Gasteiger partial charge in [-0.15, -0.1) is 64.2 Å². The van der Waals surface area contributed by atoms with Crippen LogP contribution in [-0.4, -0.2) is 0 Å². The first-order valence-electron chi connectivity index (χ1n) is 9.53. The monoisotopic (exact) mass is 425 g/mol. The normalized spacial score (nSPS) is 23.0. The molecule has 1 radical (unpaired) electrons. The van der Waals surface area contributed by atoms with E-state index in [1.54, 1.807) is 11.1 Å². The molecule has 2 unspecified atom stereocenters. The van der Waals surface area contributed by atoms with Gasteiger partial charge < -0.3 is 0 Å². The van der Waals surface area contributed by atoms with E-state index in [4.69, 9.17) is 0 Å². The van der Waals surface area contributed by atoms with Gasteiger partial charge >= 0.3 is 26.2 Å². The second kappa shape index (κ2) is 15.0. The maximum Gasteiger partial charge on any atom is 3.00 e. The van der Waals surface area contributed by atoms with Gasteiger partial charge in [-0.2, -0.15) is 0 Å². The van der Waals surface area contributed by atoms with Crippen LogP contribution < -0.4 is 0 Å². The predicted octanol–water partition coefficient (Wildman–Crippen LogP) is 7.56. The number of hydrogen-bond acceptors (Lipinski definition) is 0. The average molecular weight is 427 g/mol. The quantitative estimate of drug-likeness (QED) is 0.277. The van der Waals surface area contributed by atoms with Crippen LogP contribution in [0.3, 0.4) is 0 Å². The van der Waals surface area contributed by atoms with Crippen LogP contribution in [0, 0.1) is 31.6 Å². The van der Waals surface area contributed by atoms with Gasteiger partial charge in [0.1, 0.15) is 0 Å². The van der Waals surface area contributed by atoms with Crippen molar-refractivity contribution in [1.82, 2.24) is 0 Å². The first kappa shape index (κ1) is 24.9. The van der Waals surface area contributed by atoms with Crippen LogP contribution in [0.2, 0.25) is 0 Å². The van der Waals surface area contributed by atoms with Gasteiger partial charge in [0.2, 0.25) is 0 Å². The number of rotatable bonds is 0. The molecule has 26 heavy (non-hydrogen) atoms. The molecule has 0 spiro atoms. The summed E-state index contributed by atoms with van der Waals surface area (Å²) in [6, 6.07) is 0. The molecule has 0 aromatic carbocycles. The summed E-state index contributed by atoms with van der Waals surface area (Å²) in [5.41, 5.74) is 4.43. The molecule has 4 aliphatic rings. The van der Waals surface area contributed by atoms with Gasteiger partial charge in [0, 0.05) is 0 Å². The molecule has 0 heterocycles. The zero-order valence-corrected chi connectivity index (χ0v) is 19.2. The first-order chi connectivity index (χ1) is 12.2. The van der Waals surface area contributed by atoms with E-state index in [1.165, 1.54) is 44.1 Å². The third kappa shape index (κ3) is 9.04. The molecule has 0 amide bonds. The Labute approximate surface area is 182 Å². The molecule has 4 aliphatic carbocycles. The molecule has 0 bridgehead atoms. The van der Waals surface area contributed by atoms with E-state index in [0.717, 1.165) is 11.8 Å². The summed E-state index contributed by atoms with van der Waals surface area (Å²) in [4.78, 5) is 0. The van der Waals surface area contributed by atoms with Crippen LogP contribution in [-0.2, 0) is 26.2 Å². The van der Waals surface area contributed by atoms with Crippen LogP contribution in [0.1, 0.15) is 52.4 Å². The van der Waals surface area contributed by atoms with Crippen molar-refractivity contribution in [3.8, 4) is 0 Å².